The number of carboxylic acids is 1. The lowest BCUT2D eigenvalue weighted by atomic mass is 9.95. The van der Waals surface area contributed by atoms with Crippen molar-refractivity contribution in [2.45, 2.75) is 25.4 Å². The second kappa shape index (κ2) is 6.20. The first-order valence-electron chi connectivity index (χ1n) is 5.23. The van der Waals surface area contributed by atoms with Gasteiger partial charge in [-0.05, 0) is 12.0 Å². The van der Waals surface area contributed by atoms with Crippen molar-refractivity contribution in [1.29, 1.82) is 0 Å². The van der Waals surface area contributed by atoms with Crippen LogP contribution in [-0.4, -0.2) is 22.5 Å². The molecule has 0 radical (unpaired) electrons. The number of hydrogen-bond acceptors (Lipinski definition) is 3. The van der Waals surface area contributed by atoms with Gasteiger partial charge in [0.1, 0.15) is 6.29 Å². The number of rotatable bonds is 6. The van der Waals surface area contributed by atoms with Crippen LogP contribution in [0.3, 0.4) is 0 Å². The van der Waals surface area contributed by atoms with Gasteiger partial charge in [-0.1, -0.05) is 18.2 Å². The average molecular weight is 258 g/mol. The summed E-state index contributed by atoms with van der Waals surface area (Å²) in [5, 5.41) is 18.0. The van der Waals surface area contributed by atoms with E-state index in [-0.39, 0.29) is 24.0 Å². The molecule has 0 saturated carbocycles. The number of halogens is 2. The quantitative estimate of drug-likeness (QED) is 0.764. The normalized spacial score (nSPS) is 12.4. The van der Waals surface area contributed by atoms with Crippen LogP contribution in [0.15, 0.2) is 18.2 Å². The first-order chi connectivity index (χ1) is 8.49. The summed E-state index contributed by atoms with van der Waals surface area (Å²) in [6, 6.07) is 3.92. The number of aliphatic hydroxyl groups is 1. The first-order valence-corrected chi connectivity index (χ1v) is 5.23. The molecule has 1 unspecified atom stereocenters. The number of hydrogen-bond donors (Lipinski definition) is 2. The van der Waals surface area contributed by atoms with Crippen molar-refractivity contribution in [3.63, 3.8) is 0 Å². The van der Waals surface area contributed by atoms with Crippen molar-refractivity contribution < 1.29 is 28.6 Å². The number of aryl methyl sites for hydroxylation is 1. The molecule has 0 heterocycles. The third kappa shape index (κ3) is 3.10. The topological polar surface area (TPSA) is 74.6 Å². The second-order valence-electron chi connectivity index (χ2n) is 3.67. The predicted molar refractivity (Wildman–Crippen MR) is 58.4 cm³/mol. The maximum absolute atomic E-state index is 12.9. The Morgan fingerprint density at radius 3 is 2.56 bits per heavy atom. The molecule has 2 N–H and O–H groups in total. The number of benzene rings is 1. The van der Waals surface area contributed by atoms with E-state index in [1.165, 1.54) is 12.1 Å². The van der Waals surface area contributed by atoms with Gasteiger partial charge in [0.2, 0.25) is 0 Å². The zero-order valence-corrected chi connectivity index (χ0v) is 9.35. The van der Waals surface area contributed by atoms with E-state index in [2.05, 4.69) is 0 Å². The molecule has 18 heavy (non-hydrogen) atoms. The van der Waals surface area contributed by atoms with Crippen molar-refractivity contribution in [2.24, 2.45) is 0 Å². The van der Waals surface area contributed by atoms with Crippen molar-refractivity contribution >= 4 is 12.3 Å². The van der Waals surface area contributed by atoms with Crippen LogP contribution in [-0.2, 0) is 16.0 Å². The van der Waals surface area contributed by atoms with Crippen molar-refractivity contribution in [3.05, 3.63) is 34.9 Å². The Labute approximate surface area is 102 Å². The van der Waals surface area contributed by atoms with Crippen LogP contribution >= 0.6 is 0 Å². The van der Waals surface area contributed by atoms with Gasteiger partial charge in [0.15, 0.2) is 6.10 Å². The molecule has 0 aromatic heterocycles. The molecule has 4 nitrogen and oxygen atoms in total. The van der Waals surface area contributed by atoms with E-state index in [4.69, 9.17) is 5.11 Å². The van der Waals surface area contributed by atoms with Crippen LogP contribution in [0.4, 0.5) is 8.78 Å². The molecule has 98 valence electrons. The van der Waals surface area contributed by atoms with Gasteiger partial charge in [0.25, 0.3) is 6.43 Å². The number of aliphatic carboxylic acids is 1. The fraction of sp³-hybridized carbons (Fsp3) is 0.333. The van der Waals surface area contributed by atoms with Crippen LogP contribution < -0.4 is 0 Å². The number of carboxylic acid groups (broad SMARTS) is 1. The summed E-state index contributed by atoms with van der Waals surface area (Å²) in [6.45, 7) is 0. The van der Waals surface area contributed by atoms with Crippen LogP contribution in [0.1, 0.15) is 35.6 Å². The third-order valence-corrected chi connectivity index (χ3v) is 2.51. The monoisotopic (exact) mass is 258 g/mol. The largest absolute Gasteiger partial charge is 0.479 e. The van der Waals surface area contributed by atoms with Gasteiger partial charge in [-0.2, -0.15) is 0 Å². The average Bonchev–Trinajstić information content (AvgIpc) is 2.34. The molecule has 0 aliphatic rings. The van der Waals surface area contributed by atoms with E-state index >= 15 is 0 Å². The second-order valence-corrected chi connectivity index (χ2v) is 3.67. The van der Waals surface area contributed by atoms with Crippen molar-refractivity contribution in [3.8, 4) is 0 Å². The molecule has 1 atom stereocenters. The van der Waals surface area contributed by atoms with Gasteiger partial charge in [-0.15, -0.1) is 0 Å². The molecule has 0 fully saturated rings. The number of carbonyl (C=O) groups is 2. The Morgan fingerprint density at radius 2 is 2.06 bits per heavy atom. The van der Waals surface area contributed by atoms with Crippen molar-refractivity contribution in [1.82, 2.24) is 0 Å². The first kappa shape index (κ1) is 14.2. The van der Waals surface area contributed by atoms with Gasteiger partial charge in [-0.3, -0.25) is 0 Å². The summed E-state index contributed by atoms with van der Waals surface area (Å²) < 4.78 is 25.9. The van der Waals surface area contributed by atoms with Crippen LogP contribution in [0.5, 0.6) is 0 Å². The predicted octanol–water partition coefficient (Wildman–Crippen LogP) is 1.87. The van der Waals surface area contributed by atoms with Gasteiger partial charge < -0.3 is 15.0 Å². The summed E-state index contributed by atoms with van der Waals surface area (Å²) in [6.07, 6.45) is -4.16. The Balaban J connectivity index is 3.25. The van der Waals surface area contributed by atoms with Gasteiger partial charge in [-0.25, -0.2) is 13.6 Å². The van der Waals surface area contributed by atoms with E-state index in [9.17, 15) is 23.5 Å². The van der Waals surface area contributed by atoms with E-state index < -0.39 is 24.1 Å². The smallest absolute Gasteiger partial charge is 0.337 e. The zero-order valence-electron chi connectivity index (χ0n) is 9.35. The highest BCUT2D eigenvalue weighted by Gasteiger charge is 2.25. The molecule has 1 aromatic rings. The molecule has 1 rings (SSSR count). The highest BCUT2D eigenvalue weighted by Crippen LogP contribution is 2.31. The van der Waals surface area contributed by atoms with Crippen LogP contribution in [0.25, 0.3) is 0 Å². The Morgan fingerprint density at radius 1 is 1.39 bits per heavy atom. The molecule has 1 aromatic carbocycles. The van der Waals surface area contributed by atoms with Crippen molar-refractivity contribution in [2.75, 3.05) is 0 Å². The number of aliphatic hydroxyl groups excluding tert-OH is 1. The summed E-state index contributed by atoms with van der Waals surface area (Å²) in [7, 11) is 0. The van der Waals surface area contributed by atoms with Crippen LogP contribution in [0, 0.1) is 0 Å². The van der Waals surface area contributed by atoms with E-state index in [0.717, 1.165) is 6.07 Å². The molecule has 0 amide bonds. The van der Waals surface area contributed by atoms with Gasteiger partial charge in [0, 0.05) is 17.5 Å². The molecule has 0 spiro atoms. The fourth-order valence-electron chi connectivity index (χ4n) is 1.70. The number of alkyl halides is 2. The van der Waals surface area contributed by atoms with E-state index in [1.807, 2.05) is 0 Å². The molecule has 0 aliphatic carbocycles. The lowest BCUT2D eigenvalue weighted by Crippen LogP contribution is -2.14. The Kier molecular flexibility index (Phi) is 4.91. The molecule has 0 saturated heterocycles. The number of carbonyl (C=O) groups excluding carboxylic acids is 1. The molecular formula is C12H12F2O4. The number of aldehydes is 1. The summed E-state index contributed by atoms with van der Waals surface area (Å²) in [4.78, 5) is 20.9. The van der Waals surface area contributed by atoms with Gasteiger partial charge in [0.05, 0.1) is 0 Å². The third-order valence-electron chi connectivity index (χ3n) is 2.51. The summed E-state index contributed by atoms with van der Waals surface area (Å²) >= 11 is 0. The Bertz CT molecular complexity index is 446. The minimum absolute atomic E-state index is 0.0618. The highest BCUT2D eigenvalue weighted by molar-refractivity contribution is 5.75. The lowest BCUT2D eigenvalue weighted by Gasteiger charge is -2.15. The molecule has 0 aliphatic heterocycles. The van der Waals surface area contributed by atoms with E-state index in [0.29, 0.717) is 6.29 Å². The van der Waals surface area contributed by atoms with E-state index in [1.54, 1.807) is 0 Å². The highest BCUT2D eigenvalue weighted by atomic mass is 19.3. The van der Waals surface area contributed by atoms with Crippen LogP contribution in [0.2, 0.25) is 0 Å². The fourth-order valence-corrected chi connectivity index (χ4v) is 1.70. The maximum Gasteiger partial charge on any atom is 0.337 e. The zero-order chi connectivity index (χ0) is 13.7. The lowest BCUT2D eigenvalue weighted by molar-refractivity contribution is -0.147. The molecule has 6 heteroatoms. The molecule has 0 bridgehead atoms. The Hall–Kier alpha value is -1.82. The summed E-state index contributed by atoms with van der Waals surface area (Å²) in [5.74, 6) is -1.59. The molecular weight excluding hydrogens is 246 g/mol. The minimum atomic E-state index is -2.91. The minimum Gasteiger partial charge on any atom is -0.479 e. The maximum atomic E-state index is 12.9. The SMILES string of the molecule is O=CCCc1cccc(C(O)C(=O)O)c1C(F)F. The standard InChI is InChI=1S/C12H12F2O4/c13-11(14)9-7(4-2-6-15)3-1-5-8(9)10(16)12(17)18/h1,3,5-6,10-11,16H,2,4H2,(H,17,18). The summed E-state index contributed by atoms with van der Waals surface area (Å²) in [5.41, 5.74) is -0.662. The van der Waals surface area contributed by atoms with Gasteiger partial charge >= 0.3 is 5.97 Å².